The van der Waals surface area contributed by atoms with Crippen LogP contribution in [0, 0.1) is 5.92 Å². The quantitative estimate of drug-likeness (QED) is 0.427. The zero-order valence-electron chi connectivity index (χ0n) is 21.0. The largest absolute Gasteiger partial charge is 0.497 e. The van der Waals surface area contributed by atoms with E-state index in [1.54, 1.807) is 23.9 Å². The van der Waals surface area contributed by atoms with Crippen molar-refractivity contribution >= 4 is 27.9 Å². The Morgan fingerprint density at radius 3 is 2.42 bits per heavy atom. The molecule has 8 nitrogen and oxygen atoms in total. The van der Waals surface area contributed by atoms with Crippen molar-refractivity contribution in [3.63, 3.8) is 0 Å². The van der Waals surface area contributed by atoms with Gasteiger partial charge in [-0.25, -0.2) is 13.2 Å². The molecule has 10 heteroatoms. The second-order valence-electron chi connectivity index (χ2n) is 9.29. The van der Waals surface area contributed by atoms with Crippen LogP contribution in [0.3, 0.4) is 0 Å². The van der Waals surface area contributed by atoms with Gasteiger partial charge >= 0.3 is 6.09 Å². The van der Waals surface area contributed by atoms with Crippen LogP contribution in [0.1, 0.15) is 25.8 Å². The van der Waals surface area contributed by atoms with Gasteiger partial charge in [-0.1, -0.05) is 44.2 Å². The Kier molecular flexibility index (Phi) is 10.5. The Labute approximate surface area is 218 Å². The Hall–Kier alpha value is -2.27. The summed E-state index contributed by atoms with van der Waals surface area (Å²) in [6.07, 6.45) is -0.795. The SMILES string of the molecule is COc1ccc(S(=O)(=O)N(CC(C)C)CC(O)[C@H](Cc2ccccc2)NC(=O)OC2CCSC2)cc1. The van der Waals surface area contributed by atoms with Gasteiger partial charge in [-0.05, 0) is 54.3 Å². The molecule has 2 aromatic rings. The highest BCUT2D eigenvalue weighted by Gasteiger charge is 2.32. The van der Waals surface area contributed by atoms with Gasteiger partial charge in [0.15, 0.2) is 0 Å². The van der Waals surface area contributed by atoms with Gasteiger partial charge in [-0.15, -0.1) is 0 Å². The third kappa shape index (κ3) is 8.12. The van der Waals surface area contributed by atoms with Crippen LogP contribution in [0.15, 0.2) is 59.5 Å². The van der Waals surface area contributed by atoms with Crippen LogP contribution in [0.2, 0.25) is 0 Å². The number of carbonyl (C=O) groups excluding carboxylic acids is 1. The number of nitrogens with one attached hydrogen (secondary N) is 1. The first kappa shape index (κ1) is 28.3. The van der Waals surface area contributed by atoms with Crippen molar-refractivity contribution in [3.8, 4) is 5.75 Å². The fraction of sp³-hybridized carbons (Fsp3) is 0.500. The maximum Gasteiger partial charge on any atom is 0.407 e. The normalized spacial score (nSPS) is 17.7. The van der Waals surface area contributed by atoms with Gasteiger partial charge in [0.2, 0.25) is 10.0 Å². The number of amides is 1. The van der Waals surface area contributed by atoms with Crippen LogP contribution in [0.4, 0.5) is 4.79 Å². The van der Waals surface area contributed by atoms with Gasteiger partial charge in [-0.3, -0.25) is 0 Å². The van der Waals surface area contributed by atoms with Crippen molar-refractivity contribution in [1.29, 1.82) is 0 Å². The molecule has 2 unspecified atom stereocenters. The van der Waals surface area contributed by atoms with Crippen molar-refractivity contribution in [2.75, 3.05) is 31.7 Å². The zero-order chi connectivity index (χ0) is 26.1. The van der Waals surface area contributed by atoms with Gasteiger partial charge < -0.3 is 19.9 Å². The molecule has 0 aromatic heterocycles. The fourth-order valence-corrected chi connectivity index (χ4v) is 6.72. The lowest BCUT2D eigenvalue weighted by atomic mass is 10.0. The molecular weight excluding hydrogens is 500 g/mol. The number of benzene rings is 2. The third-order valence-electron chi connectivity index (χ3n) is 5.88. The lowest BCUT2D eigenvalue weighted by Crippen LogP contribution is -2.51. The van der Waals surface area contributed by atoms with Crippen LogP contribution in [-0.4, -0.2) is 73.9 Å². The molecule has 0 bridgehead atoms. The Morgan fingerprint density at radius 1 is 1.14 bits per heavy atom. The van der Waals surface area contributed by atoms with Gasteiger partial charge in [0, 0.05) is 18.8 Å². The van der Waals surface area contributed by atoms with E-state index in [-0.39, 0.29) is 30.0 Å². The molecule has 0 radical (unpaired) electrons. The van der Waals surface area contributed by atoms with E-state index < -0.39 is 28.3 Å². The topological polar surface area (TPSA) is 105 Å². The van der Waals surface area contributed by atoms with E-state index in [0.717, 1.165) is 23.5 Å². The maximum atomic E-state index is 13.5. The summed E-state index contributed by atoms with van der Waals surface area (Å²) >= 11 is 1.73. The molecule has 1 amide bonds. The van der Waals surface area contributed by atoms with Gasteiger partial charge in [-0.2, -0.15) is 16.1 Å². The predicted octanol–water partition coefficient (Wildman–Crippen LogP) is 3.55. The van der Waals surface area contributed by atoms with Gasteiger partial charge in [0.05, 0.1) is 24.2 Å². The molecule has 1 saturated heterocycles. The minimum atomic E-state index is -3.90. The molecule has 0 spiro atoms. The summed E-state index contributed by atoms with van der Waals surface area (Å²) < 4.78 is 38.9. The molecule has 198 valence electrons. The summed E-state index contributed by atoms with van der Waals surface area (Å²) in [5, 5.41) is 14.1. The highest BCUT2D eigenvalue weighted by molar-refractivity contribution is 7.99. The smallest absolute Gasteiger partial charge is 0.407 e. The molecule has 3 atom stereocenters. The first-order chi connectivity index (χ1) is 17.2. The number of ether oxygens (including phenoxy) is 2. The number of nitrogens with zero attached hydrogens (tertiary/aromatic N) is 1. The molecule has 0 saturated carbocycles. The molecular formula is C26H36N2O6S2. The summed E-state index contributed by atoms with van der Waals surface area (Å²) in [5.74, 6) is 2.27. The monoisotopic (exact) mass is 536 g/mol. The first-order valence-electron chi connectivity index (χ1n) is 12.1. The second-order valence-corrected chi connectivity index (χ2v) is 12.4. The highest BCUT2D eigenvalue weighted by Crippen LogP contribution is 2.22. The minimum absolute atomic E-state index is 0.0237. The van der Waals surface area contributed by atoms with E-state index in [4.69, 9.17) is 9.47 Å². The molecule has 3 rings (SSSR count). The number of alkyl carbamates (subject to hydrolysis) is 1. The summed E-state index contributed by atoms with van der Waals surface area (Å²) in [5.41, 5.74) is 0.909. The lowest BCUT2D eigenvalue weighted by Gasteiger charge is -2.30. The summed E-state index contributed by atoms with van der Waals surface area (Å²) in [4.78, 5) is 12.8. The van der Waals surface area contributed by atoms with Crippen molar-refractivity contribution < 1.29 is 27.8 Å². The molecule has 0 aliphatic carbocycles. The number of rotatable bonds is 12. The molecule has 2 N–H and O–H groups in total. The zero-order valence-corrected chi connectivity index (χ0v) is 22.6. The van der Waals surface area contributed by atoms with Crippen molar-refractivity contribution in [2.24, 2.45) is 5.92 Å². The van der Waals surface area contributed by atoms with Crippen LogP contribution in [0.25, 0.3) is 0 Å². The second kappa shape index (κ2) is 13.3. The summed E-state index contributed by atoms with van der Waals surface area (Å²) in [6.45, 7) is 3.87. The van der Waals surface area contributed by atoms with Crippen LogP contribution in [-0.2, 0) is 21.2 Å². The Balaban J connectivity index is 1.80. The Morgan fingerprint density at radius 2 is 1.83 bits per heavy atom. The number of hydrogen-bond acceptors (Lipinski definition) is 7. The number of sulfonamides is 1. The maximum absolute atomic E-state index is 13.5. The summed E-state index contributed by atoms with van der Waals surface area (Å²) in [6, 6.07) is 14.9. The number of aliphatic hydroxyl groups excluding tert-OH is 1. The molecule has 2 aromatic carbocycles. The van der Waals surface area contributed by atoms with Gasteiger partial charge in [0.1, 0.15) is 11.9 Å². The molecule has 1 aliphatic heterocycles. The van der Waals surface area contributed by atoms with Gasteiger partial charge in [0.25, 0.3) is 0 Å². The highest BCUT2D eigenvalue weighted by atomic mass is 32.2. The average molecular weight is 537 g/mol. The van der Waals surface area contributed by atoms with Crippen LogP contribution < -0.4 is 10.1 Å². The average Bonchev–Trinajstić information content (AvgIpc) is 3.36. The van der Waals surface area contributed by atoms with E-state index in [9.17, 15) is 18.3 Å². The number of methoxy groups -OCH3 is 1. The number of thioether (sulfide) groups is 1. The van der Waals surface area contributed by atoms with Crippen molar-refractivity contribution in [1.82, 2.24) is 9.62 Å². The van der Waals surface area contributed by atoms with E-state index in [1.807, 2.05) is 44.2 Å². The standard InChI is InChI=1S/C26H36N2O6S2/c1-19(2)16-28(36(31,32)23-11-9-21(33-3)10-12-23)17-25(29)24(15-20-7-5-4-6-8-20)27-26(30)34-22-13-14-35-18-22/h4-12,19,22,24-25,29H,13-18H2,1-3H3,(H,27,30)/t22?,24-,25?/m0/s1. The minimum Gasteiger partial charge on any atom is -0.497 e. The van der Waals surface area contributed by atoms with Crippen LogP contribution >= 0.6 is 11.8 Å². The number of aliphatic hydroxyl groups is 1. The first-order valence-corrected chi connectivity index (χ1v) is 14.7. The van der Waals surface area contributed by atoms with E-state index in [2.05, 4.69) is 5.32 Å². The third-order valence-corrected chi connectivity index (χ3v) is 8.86. The lowest BCUT2D eigenvalue weighted by molar-refractivity contribution is 0.0769. The predicted molar refractivity (Wildman–Crippen MR) is 142 cm³/mol. The van der Waals surface area contributed by atoms with E-state index in [0.29, 0.717) is 12.2 Å². The molecule has 1 heterocycles. The molecule has 1 aliphatic rings. The van der Waals surface area contributed by atoms with Crippen LogP contribution in [0.5, 0.6) is 5.75 Å². The summed E-state index contributed by atoms with van der Waals surface area (Å²) in [7, 11) is -2.38. The Bertz CT molecular complexity index is 1060. The number of carbonyl (C=O) groups is 1. The van der Waals surface area contributed by atoms with Crippen molar-refractivity contribution in [2.45, 2.75) is 49.8 Å². The molecule has 36 heavy (non-hydrogen) atoms. The van der Waals surface area contributed by atoms with E-state index >= 15 is 0 Å². The van der Waals surface area contributed by atoms with E-state index in [1.165, 1.54) is 23.5 Å². The fourth-order valence-electron chi connectivity index (χ4n) is 4.00. The molecule has 1 fully saturated rings. The van der Waals surface area contributed by atoms with Crippen molar-refractivity contribution in [3.05, 3.63) is 60.2 Å². The number of hydrogen-bond donors (Lipinski definition) is 2.